The van der Waals surface area contributed by atoms with E-state index in [2.05, 4.69) is 4.98 Å². The van der Waals surface area contributed by atoms with Crippen LogP contribution in [0.15, 0.2) is 24.4 Å². The van der Waals surface area contributed by atoms with Crippen molar-refractivity contribution in [3.63, 3.8) is 0 Å². The summed E-state index contributed by atoms with van der Waals surface area (Å²) in [5.74, 6) is -0.245. The molecule has 0 fully saturated rings. The van der Waals surface area contributed by atoms with E-state index in [1.54, 1.807) is 25.3 Å². The summed E-state index contributed by atoms with van der Waals surface area (Å²) in [6, 6.07) is 4.83. The van der Waals surface area contributed by atoms with Crippen LogP contribution in [0.4, 0.5) is 10.1 Å². The summed E-state index contributed by atoms with van der Waals surface area (Å²) < 4.78 is 13.1. The second-order valence-electron chi connectivity index (χ2n) is 3.02. The summed E-state index contributed by atoms with van der Waals surface area (Å²) in [7, 11) is 0. The van der Waals surface area contributed by atoms with Crippen LogP contribution in [0.2, 0.25) is 0 Å². The molecule has 3 heteroatoms. The van der Waals surface area contributed by atoms with E-state index in [-0.39, 0.29) is 5.82 Å². The smallest absolute Gasteiger partial charge is 0.128 e. The second-order valence-corrected chi connectivity index (χ2v) is 3.02. The summed E-state index contributed by atoms with van der Waals surface area (Å²) in [4.78, 5) is 4.02. The molecule has 1 heterocycles. The highest BCUT2D eigenvalue weighted by Gasteiger charge is 2.03. The fourth-order valence-electron chi connectivity index (χ4n) is 1.30. The maximum atomic E-state index is 13.1. The number of nitrogen functional groups attached to an aromatic ring is 1. The van der Waals surface area contributed by atoms with Gasteiger partial charge in [-0.25, -0.2) is 4.39 Å². The van der Waals surface area contributed by atoms with Crippen molar-refractivity contribution in [3.05, 3.63) is 35.8 Å². The number of pyridine rings is 1. The van der Waals surface area contributed by atoms with Gasteiger partial charge in [0.2, 0.25) is 0 Å². The maximum Gasteiger partial charge on any atom is 0.128 e. The lowest BCUT2D eigenvalue weighted by atomic mass is 10.1. The molecule has 0 unspecified atom stereocenters. The third-order valence-corrected chi connectivity index (χ3v) is 2.06. The maximum absolute atomic E-state index is 13.1. The second kappa shape index (κ2) is 2.69. The lowest BCUT2D eigenvalue weighted by molar-refractivity contribution is 0.620. The van der Waals surface area contributed by atoms with Gasteiger partial charge in [-0.2, -0.15) is 0 Å². The van der Waals surface area contributed by atoms with Crippen LogP contribution in [-0.2, 0) is 0 Å². The van der Waals surface area contributed by atoms with Crippen molar-refractivity contribution in [2.45, 2.75) is 6.92 Å². The van der Waals surface area contributed by atoms with E-state index in [0.717, 1.165) is 5.39 Å². The highest BCUT2D eigenvalue weighted by atomic mass is 19.1. The van der Waals surface area contributed by atoms with Crippen LogP contribution in [0.3, 0.4) is 0 Å². The van der Waals surface area contributed by atoms with Crippen LogP contribution in [-0.4, -0.2) is 4.98 Å². The Kier molecular flexibility index (Phi) is 1.65. The zero-order chi connectivity index (χ0) is 9.42. The quantitative estimate of drug-likeness (QED) is 0.668. The number of anilines is 1. The Balaban J connectivity index is 2.89. The molecule has 0 spiro atoms. The monoisotopic (exact) mass is 176 g/mol. The highest BCUT2D eigenvalue weighted by molar-refractivity contribution is 5.90. The van der Waals surface area contributed by atoms with Gasteiger partial charge in [-0.05, 0) is 24.6 Å². The van der Waals surface area contributed by atoms with Gasteiger partial charge in [-0.3, -0.25) is 4.98 Å². The van der Waals surface area contributed by atoms with Crippen molar-refractivity contribution >= 4 is 16.6 Å². The molecule has 1 aromatic heterocycles. The predicted molar refractivity (Wildman–Crippen MR) is 50.9 cm³/mol. The molecule has 0 aliphatic rings. The average molecular weight is 176 g/mol. The van der Waals surface area contributed by atoms with Gasteiger partial charge in [-0.15, -0.1) is 0 Å². The van der Waals surface area contributed by atoms with Gasteiger partial charge in [0.15, 0.2) is 0 Å². The SMILES string of the molecule is Cc1cc2c(N)ccnc2cc1F. The summed E-state index contributed by atoms with van der Waals surface area (Å²) >= 11 is 0. The standard InChI is InChI=1S/C10H9FN2/c1-6-4-7-9(12)2-3-13-10(7)5-8(6)11/h2-5H,1H3,(H2,12,13). The highest BCUT2D eigenvalue weighted by Crippen LogP contribution is 2.21. The number of nitrogens with zero attached hydrogens (tertiary/aromatic N) is 1. The van der Waals surface area contributed by atoms with Gasteiger partial charge in [0.05, 0.1) is 5.52 Å². The molecular weight excluding hydrogens is 167 g/mol. The van der Waals surface area contributed by atoms with Crippen LogP contribution < -0.4 is 5.73 Å². The van der Waals surface area contributed by atoms with E-state index < -0.39 is 0 Å². The van der Waals surface area contributed by atoms with E-state index in [1.807, 2.05) is 0 Å². The molecule has 2 rings (SSSR count). The number of aromatic nitrogens is 1. The van der Waals surface area contributed by atoms with Gasteiger partial charge < -0.3 is 5.73 Å². The van der Waals surface area contributed by atoms with E-state index in [1.165, 1.54) is 6.07 Å². The first-order valence-electron chi connectivity index (χ1n) is 3.99. The Morgan fingerprint density at radius 3 is 2.92 bits per heavy atom. The minimum Gasteiger partial charge on any atom is -0.398 e. The molecule has 0 amide bonds. The number of rotatable bonds is 0. The molecule has 2 N–H and O–H groups in total. The summed E-state index contributed by atoms with van der Waals surface area (Å²) in [5, 5.41) is 0.807. The number of benzene rings is 1. The third kappa shape index (κ3) is 1.22. The molecule has 13 heavy (non-hydrogen) atoms. The Morgan fingerprint density at radius 1 is 1.38 bits per heavy atom. The number of halogens is 1. The third-order valence-electron chi connectivity index (χ3n) is 2.06. The number of fused-ring (bicyclic) bond motifs is 1. The molecule has 2 aromatic rings. The molecule has 0 saturated heterocycles. The molecule has 1 aromatic carbocycles. The normalized spacial score (nSPS) is 10.6. The summed E-state index contributed by atoms with van der Waals surface area (Å²) in [6.07, 6.45) is 1.58. The van der Waals surface area contributed by atoms with Gasteiger partial charge in [0.25, 0.3) is 0 Å². The molecule has 0 aliphatic heterocycles. The largest absolute Gasteiger partial charge is 0.398 e. The van der Waals surface area contributed by atoms with Crippen LogP contribution in [0.1, 0.15) is 5.56 Å². The van der Waals surface area contributed by atoms with Crippen LogP contribution >= 0.6 is 0 Å². The average Bonchev–Trinajstić information content (AvgIpc) is 2.09. The Labute approximate surface area is 75.2 Å². The molecule has 0 radical (unpaired) electrons. The number of hydrogen-bond donors (Lipinski definition) is 1. The number of nitrogens with two attached hydrogens (primary N) is 1. The number of hydrogen-bond acceptors (Lipinski definition) is 2. The topological polar surface area (TPSA) is 38.9 Å². The van der Waals surface area contributed by atoms with Crippen molar-refractivity contribution in [1.29, 1.82) is 0 Å². The van der Waals surface area contributed by atoms with Crippen molar-refractivity contribution < 1.29 is 4.39 Å². The van der Waals surface area contributed by atoms with E-state index >= 15 is 0 Å². The minimum absolute atomic E-state index is 0.245. The Bertz CT molecular complexity index is 466. The van der Waals surface area contributed by atoms with E-state index in [4.69, 9.17) is 5.73 Å². The fourth-order valence-corrected chi connectivity index (χ4v) is 1.30. The fraction of sp³-hybridized carbons (Fsp3) is 0.100. The molecule has 0 atom stereocenters. The Hall–Kier alpha value is -1.64. The van der Waals surface area contributed by atoms with Gasteiger partial charge >= 0.3 is 0 Å². The zero-order valence-electron chi connectivity index (χ0n) is 7.21. The molecule has 0 aliphatic carbocycles. The molecule has 0 bridgehead atoms. The van der Waals surface area contributed by atoms with Crippen LogP contribution in [0.5, 0.6) is 0 Å². The number of aryl methyl sites for hydroxylation is 1. The van der Waals surface area contributed by atoms with Gasteiger partial charge in [0, 0.05) is 23.3 Å². The predicted octanol–water partition coefficient (Wildman–Crippen LogP) is 2.26. The molecule has 2 nitrogen and oxygen atoms in total. The molecule has 0 saturated carbocycles. The van der Waals surface area contributed by atoms with Crippen molar-refractivity contribution in [2.75, 3.05) is 5.73 Å². The first kappa shape index (κ1) is 7.98. The van der Waals surface area contributed by atoms with Crippen molar-refractivity contribution in [1.82, 2.24) is 4.98 Å². The Morgan fingerprint density at radius 2 is 2.15 bits per heavy atom. The van der Waals surface area contributed by atoms with Crippen molar-refractivity contribution in [2.24, 2.45) is 0 Å². The summed E-state index contributed by atoms with van der Waals surface area (Å²) in [5.41, 5.74) is 7.54. The first-order valence-corrected chi connectivity index (χ1v) is 3.99. The molecular formula is C10H9FN2. The lowest BCUT2D eigenvalue weighted by Gasteiger charge is -2.02. The van der Waals surface area contributed by atoms with Crippen LogP contribution in [0, 0.1) is 12.7 Å². The van der Waals surface area contributed by atoms with E-state index in [0.29, 0.717) is 16.8 Å². The lowest BCUT2D eigenvalue weighted by Crippen LogP contribution is -1.91. The molecule has 66 valence electrons. The zero-order valence-corrected chi connectivity index (χ0v) is 7.21. The van der Waals surface area contributed by atoms with Gasteiger partial charge in [-0.1, -0.05) is 0 Å². The van der Waals surface area contributed by atoms with E-state index in [9.17, 15) is 4.39 Å². The summed E-state index contributed by atoms with van der Waals surface area (Å²) in [6.45, 7) is 1.71. The van der Waals surface area contributed by atoms with Crippen LogP contribution in [0.25, 0.3) is 10.9 Å². The minimum atomic E-state index is -0.245. The van der Waals surface area contributed by atoms with Gasteiger partial charge in [0.1, 0.15) is 5.82 Å². The van der Waals surface area contributed by atoms with Crippen molar-refractivity contribution in [3.8, 4) is 0 Å². The first-order chi connectivity index (χ1) is 6.18.